The van der Waals surface area contributed by atoms with E-state index in [1.807, 2.05) is 0 Å². The molecule has 0 unspecified atom stereocenters. The minimum Gasteiger partial charge on any atom is -0.493 e. The molecular weight excluding hydrogens is 260 g/mol. The van der Waals surface area contributed by atoms with Crippen molar-refractivity contribution < 1.29 is 4.74 Å². The number of rotatable bonds is 7. The maximum Gasteiger partial charge on any atom is 0.122 e. The van der Waals surface area contributed by atoms with Gasteiger partial charge in [0.15, 0.2) is 0 Å². The summed E-state index contributed by atoms with van der Waals surface area (Å²) in [5.41, 5.74) is 2.78. The molecule has 1 N–H and O–H groups in total. The molecule has 1 aliphatic rings. The summed E-state index contributed by atoms with van der Waals surface area (Å²) < 4.78 is 5.88. The van der Waals surface area contributed by atoms with Crippen LogP contribution in [0.3, 0.4) is 0 Å². The molecule has 1 aromatic carbocycles. The van der Waals surface area contributed by atoms with Gasteiger partial charge in [0.25, 0.3) is 0 Å². The normalized spacial score (nSPS) is 16.4. The van der Waals surface area contributed by atoms with Crippen LogP contribution in [0.15, 0.2) is 18.2 Å². The second kappa shape index (κ2) is 8.40. The van der Waals surface area contributed by atoms with E-state index in [2.05, 4.69) is 49.2 Å². The summed E-state index contributed by atoms with van der Waals surface area (Å²) >= 11 is 0. The Bertz CT molecular complexity index is 425. The van der Waals surface area contributed by atoms with Gasteiger partial charge in [0, 0.05) is 32.7 Å². The van der Waals surface area contributed by atoms with Crippen LogP contribution in [0.2, 0.25) is 0 Å². The van der Waals surface area contributed by atoms with Gasteiger partial charge in [-0.05, 0) is 36.0 Å². The lowest BCUT2D eigenvalue weighted by Crippen LogP contribution is -2.44. The van der Waals surface area contributed by atoms with Gasteiger partial charge in [0.05, 0.1) is 6.61 Å². The Balaban J connectivity index is 1.97. The number of hydrogen-bond donors (Lipinski definition) is 1. The van der Waals surface area contributed by atoms with Crippen molar-refractivity contribution in [1.29, 1.82) is 0 Å². The zero-order valence-corrected chi connectivity index (χ0v) is 13.8. The summed E-state index contributed by atoms with van der Waals surface area (Å²) in [5, 5.41) is 3.41. The fourth-order valence-corrected chi connectivity index (χ4v) is 2.77. The summed E-state index contributed by atoms with van der Waals surface area (Å²) in [6.07, 6.45) is 2.19. The minimum absolute atomic E-state index is 0.510. The molecule has 1 aliphatic heterocycles. The largest absolute Gasteiger partial charge is 0.493 e. The van der Waals surface area contributed by atoms with Crippen LogP contribution in [0.5, 0.6) is 5.75 Å². The molecule has 0 atom stereocenters. The maximum absolute atomic E-state index is 5.88. The van der Waals surface area contributed by atoms with Crippen LogP contribution >= 0.6 is 0 Å². The van der Waals surface area contributed by atoms with Crippen molar-refractivity contribution in [3.63, 3.8) is 0 Å². The van der Waals surface area contributed by atoms with Gasteiger partial charge in [0.2, 0.25) is 0 Å². The smallest absolute Gasteiger partial charge is 0.122 e. The first-order chi connectivity index (χ1) is 10.2. The van der Waals surface area contributed by atoms with Crippen molar-refractivity contribution in [1.82, 2.24) is 10.2 Å². The third-order valence-electron chi connectivity index (χ3n) is 4.08. The molecule has 0 radical (unpaired) electrons. The fraction of sp³-hybridized carbons (Fsp3) is 0.667. The van der Waals surface area contributed by atoms with Gasteiger partial charge < -0.3 is 15.0 Å². The number of nitrogens with zero attached hydrogens (tertiary/aromatic N) is 1. The van der Waals surface area contributed by atoms with E-state index in [0.717, 1.165) is 44.8 Å². The van der Waals surface area contributed by atoms with Gasteiger partial charge in [0.1, 0.15) is 5.75 Å². The highest BCUT2D eigenvalue weighted by Gasteiger charge is 2.12. The van der Waals surface area contributed by atoms with Crippen molar-refractivity contribution in [2.24, 2.45) is 0 Å². The number of benzene rings is 1. The second-order valence-electron chi connectivity index (χ2n) is 6.22. The molecule has 0 bridgehead atoms. The number of ether oxygens (including phenoxy) is 1. The van der Waals surface area contributed by atoms with Gasteiger partial charge in [-0.1, -0.05) is 32.9 Å². The highest BCUT2D eigenvalue weighted by Crippen LogP contribution is 2.28. The van der Waals surface area contributed by atoms with E-state index < -0.39 is 0 Å². The van der Waals surface area contributed by atoms with Crippen LogP contribution < -0.4 is 10.1 Å². The van der Waals surface area contributed by atoms with E-state index in [1.165, 1.54) is 24.2 Å². The van der Waals surface area contributed by atoms with Gasteiger partial charge in [-0.25, -0.2) is 0 Å². The van der Waals surface area contributed by atoms with Gasteiger partial charge in [-0.2, -0.15) is 0 Å². The lowest BCUT2D eigenvalue weighted by molar-refractivity contribution is 0.244. The molecule has 1 saturated heterocycles. The third kappa shape index (κ3) is 5.01. The summed E-state index contributed by atoms with van der Waals surface area (Å²) in [6, 6.07) is 6.75. The Morgan fingerprint density at radius 1 is 1.24 bits per heavy atom. The first-order valence-corrected chi connectivity index (χ1v) is 8.39. The summed E-state index contributed by atoms with van der Waals surface area (Å²) in [6.45, 7) is 13.2. The van der Waals surface area contributed by atoms with Crippen molar-refractivity contribution in [2.75, 3.05) is 39.3 Å². The first kappa shape index (κ1) is 16.3. The molecule has 1 heterocycles. The molecule has 1 fully saturated rings. The molecule has 2 rings (SSSR count). The first-order valence-electron chi connectivity index (χ1n) is 8.39. The van der Waals surface area contributed by atoms with E-state index in [9.17, 15) is 0 Å². The minimum atomic E-state index is 0.510. The Morgan fingerprint density at radius 3 is 2.67 bits per heavy atom. The Kier molecular flexibility index (Phi) is 6.52. The Hall–Kier alpha value is -1.06. The van der Waals surface area contributed by atoms with Crippen LogP contribution in [-0.2, 0) is 6.42 Å². The van der Waals surface area contributed by atoms with Gasteiger partial charge in [-0.3, -0.25) is 0 Å². The molecule has 1 aromatic rings. The highest BCUT2D eigenvalue weighted by atomic mass is 16.5. The lowest BCUT2D eigenvalue weighted by atomic mass is 9.98. The average Bonchev–Trinajstić information content (AvgIpc) is 2.52. The highest BCUT2D eigenvalue weighted by molar-refractivity contribution is 5.39. The number of hydrogen-bond acceptors (Lipinski definition) is 3. The Labute approximate surface area is 129 Å². The summed E-state index contributed by atoms with van der Waals surface area (Å²) in [5.74, 6) is 1.58. The van der Waals surface area contributed by atoms with Crippen LogP contribution in [-0.4, -0.2) is 44.2 Å². The summed E-state index contributed by atoms with van der Waals surface area (Å²) in [4.78, 5) is 2.55. The average molecular weight is 290 g/mol. The van der Waals surface area contributed by atoms with Gasteiger partial charge >= 0.3 is 0 Å². The maximum atomic E-state index is 5.88. The standard InChI is InChI=1S/C18H30N2O/c1-4-13-21-18-6-5-16(14-17(18)15(2)3)7-10-20-11-8-19-9-12-20/h5-6,14-15,19H,4,7-13H2,1-3H3. The van der Waals surface area contributed by atoms with Crippen molar-refractivity contribution in [3.8, 4) is 5.75 Å². The number of piperazine rings is 1. The molecular formula is C18H30N2O. The van der Waals surface area contributed by atoms with E-state index in [1.54, 1.807) is 0 Å². The predicted octanol–water partition coefficient (Wildman–Crippen LogP) is 3.05. The van der Waals surface area contributed by atoms with Crippen LogP contribution in [0.1, 0.15) is 44.2 Å². The Morgan fingerprint density at radius 2 is 2.00 bits per heavy atom. The molecule has 0 aliphatic carbocycles. The van der Waals surface area contributed by atoms with Crippen molar-refractivity contribution in [3.05, 3.63) is 29.3 Å². The van der Waals surface area contributed by atoms with Crippen LogP contribution in [0.25, 0.3) is 0 Å². The fourth-order valence-electron chi connectivity index (χ4n) is 2.77. The zero-order valence-electron chi connectivity index (χ0n) is 13.8. The molecule has 0 spiro atoms. The molecule has 3 nitrogen and oxygen atoms in total. The van der Waals surface area contributed by atoms with E-state index in [4.69, 9.17) is 4.74 Å². The molecule has 0 aromatic heterocycles. The SMILES string of the molecule is CCCOc1ccc(CCN2CCNCC2)cc1C(C)C. The summed E-state index contributed by atoms with van der Waals surface area (Å²) in [7, 11) is 0. The van der Waals surface area contributed by atoms with Gasteiger partial charge in [-0.15, -0.1) is 0 Å². The molecule has 118 valence electrons. The zero-order chi connectivity index (χ0) is 15.1. The van der Waals surface area contributed by atoms with Crippen molar-refractivity contribution in [2.45, 2.75) is 39.5 Å². The van der Waals surface area contributed by atoms with E-state index in [0.29, 0.717) is 5.92 Å². The molecule has 21 heavy (non-hydrogen) atoms. The van der Waals surface area contributed by atoms with Crippen molar-refractivity contribution >= 4 is 0 Å². The second-order valence-corrected chi connectivity index (χ2v) is 6.22. The quantitative estimate of drug-likeness (QED) is 0.835. The topological polar surface area (TPSA) is 24.5 Å². The predicted molar refractivity (Wildman–Crippen MR) is 89.3 cm³/mol. The molecule has 3 heteroatoms. The van der Waals surface area contributed by atoms with Crippen LogP contribution in [0.4, 0.5) is 0 Å². The molecule has 0 saturated carbocycles. The van der Waals surface area contributed by atoms with E-state index in [-0.39, 0.29) is 0 Å². The lowest BCUT2D eigenvalue weighted by Gasteiger charge is -2.27. The molecule has 0 amide bonds. The monoisotopic (exact) mass is 290 g/mol. The third-order valence-corrected chi connectivity index (χ3v) is 4.08. The van der Waals surface area contributed by atoms with E-state index >= 15 is 0 Å². The van der Waals surface area contributed by atoms with Crippen LogP contribution in [0, 0.1) is 0 Å². The number of nitrogens with one attached hydrogen (secondary N) is 1.